The molecule has 0 aliphatic carbocycles. The zero-order valence-corrected chi connectivity index (χ0v) is 32.5. The van der Waals surface area contributed by atoms with Crippen LogP contribution >= 0.6 is 0 Å². The molecule has 5 nitrogen and oxygen atoms in total. The summed E-state index contributed by atoms with van der Waals surface area (Å²) in [6.45, 7) is 4.10. The summed E-state index contributed by atoms with van der Waals surface area (Å²) in [5.41, 5.74) is 11.0. The van der Waals surface area contributed by atoms with Gasteiger partial charge >= 0.3 is 0 Å². The Morgan fingerprint density at radius 2 is 1.22 bits per heavy atom. The van der Waals surface area contributed by atoms with Crippen molar-refractivity contribution in [2.24, 2.45) is 6.98 Å². The molecule has 3 heterocycles. The van der Waals surface area contributed by atoms with Gasteiger partial charge in [0.2, 0.25) is 6.33 Å². The van der Waals surface area contributed by atoms with Crippen molar-refractivity contribution in [2.45, 2.75) is 26.2 Å². The molecule has 3 aromatic heterocycles. The zero-order chi connectivity index (χ0) is 41.9. The third-order valence-electron chi connectivity index (χ3n) is 11.0. The summed E-state index contributed by atoms with van der Waals surface area (Å²) < 4.78 is 38.3. The smallest absolute Gasteiger partial charge is 0.244 e. The number of imidazole rings is 1. The monoisotopic (exact) mass is 753 g/mol. The van der Waals surface area contributed by atoms with Gasteiger partial charge in [0.15, 0.2) is 0 Å². The van der Waals surface area contributed by atoms with Gasteiger partial charge in [-0.05, 0) is 86.8 Å². The van der Waals surface area contributed by atoms with E-state index in [1.807, 2.05) is 95.7 Å². The van der Waals surface area contributed by atoms with Gasteiger partial charge < -0.3 is 13.9 Å². The van der Waals surface area contributed by atoms with Crippen LogP contribution in [0.1, 0.15) is 30.4 Å². The lowest BCUT2D eigenvalue weighted by Crippen LogP contribution is -2.26. The van der Waals surface area contributed by atoms with E-state index in [1.54, 1.807) is 0 Å². The van der Waals surface area contributed by atoms with Gasteiger partial charge in [-0.25, -0.2) is 4.98 Å². The summed E-state index contributed by atoms with van der Waals surface area (Å²) in [5, 5.41) is 2.23. The summed E-state index contributed by atoms with van der Waals surface area (Å²) >= 11 is 0. The molecule has 0 saturated carbocycles. The predicted molar refractivity (Wildman–Crippen MR) is 237 cm³/mol. The molecule has 10 rings (SSSR count). The average molecular weight is 754 g/mol. The molecule has 10 aromatic rings. The molecule has 0 radical (unpaired) electrons. The molecular weight excluding hydrogens is 709 g/mol. The second-order valence-corrected chi connectivity index (χ2v) is 15.7. The number of benzene rings is 7. The fourth-order valence-corrected chi connectivity index (χ4v) is 8.20. The maximum absolute atomic E-state index is 8.76. The lowest BCUT2D eigenvalue weighted by Gasteiger charge is -2.20. The SMILES string of the molecule is [2H]C([2H])([2H])[n+]1[c-]n(-c2cccc(Oc3ccc4c5ccccc5n(-c5cc(C(C)(C)C)ccn5)c4c3)c2)c2cccc(-c3c(-c4ccccc4)cccc3-c3ccccc3)c21. The van der Waals surface area contributed by atoms with E-state index in [9.17, 15) is 0 Å². The maximum atomic E-state index is 8.76. The number of aryl methyl sites for hydroxylation is 1. The number of nitrogens with zero attached hydrogens (tertiary/aromatic N) is 4. The minimum Gasteiger partial charge on any atom is -0.458 e. The second kappa shape index (κ2) is 14.1. The molecule has 58 heavy (non-hydrogen) atoms. The molecule has 0 unspecified atom stereocenters. The molecule has 0 atom stereocenters. The zero-order valence-electron chi connectivity index (χ0n) is 35.5. The number of hydrogen-bond acceptors (Lipinski definition) is 2. The highest BCUT2D eigenvalue weighted by molar-refractivity contribution is 6.09. The molecular formula is C53H42N4O. The first kappa shape index (κ1) is 31.9. The van der Waals surface area contributed by atoms with Crippen molar-refractivity contribution in [3.63, 3.8) is 0 Å². The van der Waals surface area contributed by atoms with E-state index < -0.39 is 6.98 Å². The molecule has 0 amide bonds. The minimum atomic E-state index is -2.53. The minimum absolute atomic E-state index is 0.0414. The van der Waals surface area contributed by atoms with Crippen molar-refractivity contribution in [1.82, 2.24) is 14.1 Å². The number of pyridine rings is 1. The van der Waals surface area contributed by atoms with Crippen LogP contribution in [0.3, 0.4) is 0 Å². The molecule has 0 fully saturated rings. The van der Waals surface area contributed by atoms with Crippen LogP contribution in [0.5, 0.6) is 11.5 Å². The van der Waals surface area contributed by atoms with E-state index in [2.05, 4.69) is 123 Å². The van der Waals surface area contributed by atoms with Crippen LogP contribution in [0.2, 0.25) is 0 Å². The molecule has 7 aromatic carbocycles. The van der Waals surface area contributed by atoms with Crippen molar-refractivity contribution >= 4 is 32.8 Å². The van der Waals surface area contributed by atoms with Gasteiger partial charge in [0.25, 0.3) is 0 Å². The molecule has 280 valence electrons. The summed E-state index contributed by atoms with van der Waals surface area (Å²) in [5.74, 6) is 2.10. The summed E-state index contributed by atoms with van der Waals surface area (Å²) in [6, 6.07) is 59.2. The van der Waals surface area contributed by atoms with Crippen LogP contribution in [-0.2, 0) is 12.4 Å². The van der Waals surface area contributed by atoms with Gasteiger partial charge in [0.1, 0.15) is 17.3 Å². The highest BCUT2D eigenvalue weighted by Crippen LogP contribution is 2.43. The first-order valence-electron chi connectivity index (χ1n) is 21.0. The van der Waals surface area contributed by atoms with Gasteiger partial charge in [-0.15, -0.1) is 0 Å². The molecule has 0 saturated heterocycles. The van der Waals surface area contributed by atoms with Crippen LogP contribution in [0.4, 0.5) is 0 Å². The normalized spacial score (nSPS) is 12.8. The topological polar surface area (TPSA) is 35.9 Å². The van der Waals surface area contributed by atoms with Crippen molar-refractivity contribution in [2.75, 3.05) is 0 Å². The van der Waals surface area contributed by atoms with E-state index in [0.29, 0.717) is 28.2 Å². The average Bonchev–Trinajstić information content (AvgIpc) is 3.84. The summed E-state index contributed by atoms with van der Waals surface area (Å²) in [6.07, 6.45) is 5.13. The van der Waals surface area contributed by atoms with Gasteiger partial charge in [-0.1, -0.05) is 148 Å². The summed E-state index contributed by atoms with van der Waals surface area (Å²) in [7, 11) is 0. The number of para-hydroxylation sites is 2. The number of hydrogen-bond donors (Lipinski definition) is 0. The lowest BCUT2D eigenvalue weighted by atomic mass is 9.87. The summed E-state index contributed by atoms with van der Waals surface area (Å²) in [4.78, 5) is 4.84. The molecule has 0 bridgehead atoms. The Hall–Kier alpha value is -7.24. The van der Waals surface area contributed by atoms with Crippen molar-refractivity contribution in [1.29, 1.82) is 0 Å². The Morgan fingerprint density at radius 1 is 0.586 bits per heavy atom. The van der Waals surface area contributed by atoms with Gasteiger partial charge in [-0.3, -0.25) is 4.57 Å². The largest absolute Gasteiger partial charge is 0.458 e. The van der Waals surface area contributed by atoms with E-state index in [1.165, 1.54) is 10.1 Å². The fourth-order valence-electron chi connectivity index (χ4n) is 8.20. The Morgan fingerprint density at radius 3 is 1.97 bits per heavy atom. The van der Waals surface area contributed by atoms with E-state index in [-0.39, 0.29) is 5.41 Å². The molecule has 0 aliphatic rings. The maximum Gasteiger partial charge on any atom is 0.244 e. The van der Waals surface area contributed by atoms with E-state index in [0.717, 1.165) is 61.0 Å². The molecule has 0 N–H and O–H groups in total. The van der Waals surface area contributed by atoms with Crippen molar-refractivity contribution in [3.05, 3.63) is 194 Å². The number of rotatable bonds is 7. The molecule has 0 spiro atoms. The van der Waals surface area contributed by atoms with Crippen molar-refractivity contribution in [3.8, 4) is 56.4 Å². The highest BCUT2D eigenvalue weighted by Gasteiger charge is 2.21. The van der Waals surface area contributed by atoms with E-state index in [4.69, 9.17) is 13.8 Å². The third kappa shape index (κ3) is 6.12. The Bertz CT molecular complexity index is 3190. The first-order chi connectivity index (χ1) is 29.5. The predicted octanol–water partition coefficient (Wildman–Crippen LogP) is 12.8. The van der Waals surface area contributed by atoms with E-state index >= 15 is 0 Å². The molecule has 0 aliphatic heterocycles. The van der Waals surface area contributed by atoms with Crippen LogP contribution in [0.15, 0.2) is 182 Å². The van der Waals surface area contributed by atoms with Gasteiger partial charge in [0, 0.05) is 23.0 Å². The Balaban J connectivity index is 1.10. The van der Waals surface area contributed by atoms with Crippen LogP contribution < -0.4 is 9.30 Å². The van der Waals surface area contributed by atoms with Crippen LogP contribution in [-0.4, -0.2) is 14.1 Å². The number of fused-ring (bicyclic) bond motifs is 4. The molecule has 5 heteroatoms. The quantitative estimate of drug-likeness (QED) is 0.120. The fraction of sp³-hybridized carbons (Fsp3) is 0.0943. The lowest BCUT2D eigenvalue weighted by molar-refractivity contribution is -0.649. The Kier molecular flexibility index (Phi) is 7.73. The highest BCUT2D eigenvalue weighted by atomic mass is 16.5. The number of aromatic nitrogens is 4. The van der Waals surface area contributed by atoms with Gasteiger partial charge in [-0.2, -0.15) is 0 Å². The first-order valence-corrected chi connectivity index (χ1v) is 19.5. The standard InChI is InChI=1S/C53H42N4O/c1-53(2,3)38-30-31-54-50(32-38)57-47-26-12-11-22-44(47)45-29-28-41(34-49(45)57)58-40-21-13-20-39(33-40)56-35-55(4)52-46(25-15-27-48(52)56)51-42(36-16-7-5-8-17-36)23-14-24-43(51)37-18-9-6-10-19-37/h5-34H,1-4H3/i4D3. The van der Waals surface area contributed by atoms with Crippen LogP contribution in [0, 0.1) is 6.33 Å². The van der Waals surface area contributed by atoms with Gasteiger partial charge in [0.05, 0.1) is 38.8 Å². The second-order valence-electron chi connectivity index (χ2n) is 15.7. The Labute approximate surface area is 342 Å². The van der Waals surface area contributed by atoms with Crippen LogP contribution in [0.25, 0.3) is 77.7 Å². The third-order valence-corrected chi connectivity index (χ3v) is 11.0. The van der Waals surface area contributed by atoms with Crippen molar-refractivity contribution < 1.29 is 13.4 Å². The number of ether oxygens (including phenoxy) is 1.